The lowest BCUT2D eigenvalue weighted by Gasteiger charge is -2.31. The first-order valence-electron chi connectivity index (χ1n) is 6.03. The molecule has 0 radical (unpaired) electrons. The van der Waals surface area contributed by atoms with E-state index in [1.165, 1.54) is 0 Å². The number of rotatable bonds is 6. The fourth-order valence-corrected chi connectivity index (χ4v) is 2.14. The molecule has 3 nitrogen and oxygen atoms in total. The standard InChI is InChI=1S/C14H22N2O/c1-4-14(13(15)17,10-11-16(2)3)12-8-6-5-7-9-12/h5-9H,4,10-11H2,1-3H3,(H2,15,17). The maximum absolute atomic E-state index is 11.9. The number of carbonyl (C=O) groups excluding carboxylic acids is 1. The summed E-state index contributed by atoms with van der Waals surface area (Å²) in [4.78, 5) is 13.9. The van der Waals surface area contributed by atoms with E-state index < -0.39 is 5.41 Å². The van der Waals surface area contributed by atoms with Crippen molar-refractivity contribution < 1.29 is 4.79 Å². The van der Waals surface area contributed by atoms with E-state index in [4.69, 9.17) is 5.73 Å². The highest BCUT2D eigenvalue weighted by Gasteiger charge is 2.36. The van der Waals surface area contributed by atoms with Crippen LogP contribution in [-0.4, -0.2) is 31.4 Å². The molecular formula is C14H22N2O. The van der Waals surface area contributed by atoms with Crippen LogP contribution in [0.2, 0.25) is 0 Å². The van der Waals surface area contributed by atoms with Crippen LogP contribution in [0.1, 0.15) is 25.3 Å². The molecule has 0 fully saturated rings. The van der Waals surface area contributed by atoms with Gasteiger partial charge in [-0.2, -0.15) is 0 Å². The van der Waals surface area contributed by atoms with Gasteiger partial charge in [0.2, 0.25) is 5.91 Å². The zero-order valence-electron chi connectivity index (χ0n) is 10.9. The van der Waals surface area contributed by atoms with Crippen LogP contribution < -0.4 is 5.73 Å². The van der Waals surface area contributed by atoms with Crippen molar-refractivity contribution in [3.05, 3.63) is 35.9 Å². The number of nitrogens with zero attached hydrogens (tertiary/aromatic N) is 1. The van der Waals surface area contributed by atoms with Crippen molar-refractivity contribution in [3.8, 4) is 0 Å². The molecule has 0 aliphatic heterocycles. The summed E-state index contributed by atoms with van der Waals surface area (Å²) < 4.78 is 0. The molecule has 0 heterocycles. The molecule has 0 aliphatic carbocycles. The maximum atomic E-state index is 11.9. The highest BCUT2D eigenvalue weighted by atomic mass is 16.1. The van der Waals surface area contributed by atoms with Crippen LogP contribution in [0.3, 0.4) is 0 Å². The van der Waals surface area contributed by atoms with Crippen LogP contribution in [0.15, 0.2) is 30.3 Å². The third-order valence-corrected chi connectivity index (χ3v) is 3.39. The van der Waals surface area contributed by atoms with Crippen molar-refractivity contribution in [2.75, 3.05) is 20.6 Å². The molecule has 0 spiro atoms. The van der Waals surface area contributed by atoms with Gasteiger partial charge in [0.1, 0.15) is 0 Å². The van der Waals surface area contributed by atoms with Crippen molar-refractivity contribution in [1.29, 1.82) is 0 Å². The number of nitrogens with two attached hydrogens (primary N) is 1. The molecule has 0 aromatic heterocycles. The molecule has 1 amide bonds. The van der Waals surface area contributed by atoms with Gasteiger partial charge in [-0.25, -0.2) is 0 Å². The van der Waals surface area contributed by atoms with Gasteiger partial charge in [-0.15, -0.1) is 0 Å². The maximum Gasteiger partial charge on any atom is 0.228 e. The summed E-state index contributed by atoms with van der Waals surface area (Å²) in [5.41, 5.74) is 6.13. The first-order valence-corrected chi connectivity index (χ1v) is 6.03. The SMILES string of the molecule is CCC(CCN(C)C)(C(N)=O)c1ccccc1. The largest absolute Gasteiger partial charge is 0.369 e. The van der Waals surface area contributed by atoms with E-state index in [9.17, 15) is 4.79 Å². The summed E-state index contributed by atoms with van der Waals surface area (Å²) in [6.07, 6.45) is 1.50. The first kappa shape index (κ1) is 13.7. The minimum absolute atomic E-state index is 0.229. The van der Waals surface area contributed by atoms with Gasteiger partial charge in [0.25, 0.3) is 0 Å². The lowest BCUT2D eigenvalue weighted by molar-refractivity contribution is -0.124. The van der Waals surface area contributed by atoms with E-state index >= 15 is 0 Å². The molecule has 2 N–H and O–H groups in total. The predicted molar refractivity (Wildman–Crippen MR) is 70.8 cm³/mol. The summed E-state index contributed by atoms with van der Waals surface area (Å²) >= 11 is 0. The fraction of sp³-hybridized carbons (Fsp3) is 0.500. The molecule has 1 unspecified atom stereocenters. The average molecular weight is 234 g/mol. The summed E-state index contributed by atoms with van der Waals surface area (Å²) in [5.74, 6) is -0.229. The lowest BCUT2D eigenvalue weighted by atomic mass is 9.74. The average Bonchev–Trinajstić information content (AvgIpc) is 2.31. The zero-order chi connectivity index (χ0) is 12.9. The highest BCUT2D eigenvalue weighted by molar-refractivity contribution is 5.86. The van der Waals surface area contributed by atoms with Crippen LogP contribution in [0, 0.1) is 0 Å². The van der Waals surface area contributed by atoms with Gasteiger partial charge in [-0.05, 0) is 39.0 Å². The van der Waals surface area contributed by atoms with Crippen molar-refractivity contribution in [1.82, 2.24) is 4.90 Å². The number of primary amides is 1. The van der Waals surface area contributed by atoms with Crippen LogP contribution in [-0.2, 0) is 10.2 Å². The Hall–Kier alpha value is -1.35. The monoisotopic (exact) mass is 234 g/mol. The van der Waals surface area contributed by atoms with Gasteiger partial charge < -0.3 is 10.6 Å². The third-order valence-electron chi connectivity index (χ3n) is 3.39. The quantitative estimate of drug-likeness (QED) is 0.815. The predicted octanol–water partition coefficient (Wildman–Crippen LogP) is 1.77. The van der Waals surface area contributed by atoms with Gasteiger partial charge in [-0.1, -0.05) is 37.3 Å². The van der Waals surface area contributed by atoms with E-state index in [0.29, 0.717) is 0 Å². The van der Waals surface area contributed by atoms with E-state index in [1.54, 1.807) is 0 Å². The molecule has 1 aromatic carbocycles. The Labute approximate surface area is 104 Å². The molecule has 17 heavy (non-hydrogen) atoms. The topological polar surface area (TPSA) is 46.3 Å². The Morgan fingerprint density at radius 2 is 1.88 bits per heavy atom. The molecule has 0 saturated carbocycles. The van der Waals surface area contributed by atoms with Crippen LogP contribution in [0.4, 0.5) is 0 Å². The second kappa shape index (κ2) is 5.82. The summed E-state index contributed by atoms with van der Waals surface area (Å²) in [7, 11) is 4.01. The molecule has 1 atom stereocenters. The highest BCUT2D eigenvalue weighted by Crippen LogP contribution is 2.31. The number of hydrogen-bond acceptors (Lipinski definition) is 2. The van der Waals surface area contributed by atoms with Crippen LogP contribution >= 0.6 is 0 Å². The van der Waals surface area contributed by atoms with Gasteiger partial charge in [-0.3, -0.25) is 4.79 Å². The Morgan fingerprint density at radius 3 is 2.29 bits per heavy atom. The number of benzene rings is 1. The lowest BCUT2D eigenvalue weighted by Crippen LogP contribution is -2.42. The smallest absolute Gasteiger partial charge is 0.228 e. The first-order chi connectivity index (χ1) is 8.03. The van der Waals surface area contributed by atoms with E-state index in [2.05, 4.69) is 4.90 Å². The second-order valence-electron chi connectivity index (χ2n) is 4.72. The van der Waals surface area contributed by atoms with E-state index in [0.717, 1.165) is 24.9 Å². The second-order valence-corrected chi connectivity index (χ2v) is 4.72. The molecule has 0 bridgehead atoms. The molecule has 1 rings (SSSR count). The Morgan fingerprint density at radius 1 is 1.29 bits per heavy atom. The van der Waals surface area contributed by atoms with Crippen molar-refractivity contribution in [2.24, 2.45) is 5.73 Å². The molecular weight excluding hydrogens is 212 g/mol. The van der Waals surface area contributed by atoms with Crippen LogP contribution in [0.25, 0.3) is 0 Å². The number of hydrogen-bond donors (Lipinski definition) is 1. The molecule has 0 aliphatic rings. The number of carbonyl (C=O) groups is 1. The molecule has 3 heteroatoms. The molecule has 0 saturated heterocycles. The van der Waals surface area contributed by atoms with Crippen molar-refractivity contribution >= 4 is 5.91 Å². The minimum Gasteiger partial charge on any atom is -0.369 e. The summed E-state index contributed by atoms with van der Waals surface area (Å²) in [6.45, 7) is 2.87. The molecule has 1 aromatic rings. The normalized spacial score (nSPS) is 14.6. The Kier molecular flexibility index (Phi) is 4.70. The zero-order valence-corrected chi connectivity index (χ0v) is 10.9. The van der Waals surface area contributed by atoms with Crippen molar-refractivity contribution in [3.63, 3.8) is 0 Å². The van der Waals surface area contributed by atoms with Gasteiger partial charge in [0, 0.05) is 0 Å². The Balaban J connectivity index is 3.05. The van der Waals surface area contributed by atoms with E-state index in [1.807, 2.05) is 51.4 Å². The third kappa shape index (κ3) is 3.07. The number of amides is 1. The Bertz CT molecular complexity index is 362. The van der Waals surface area contributed by atoms with E-state index in [-0.39, 0.29) is 5.91 Å². The minimum atomic E-state index is -0.536. The van der Waals surface area contributed by atoms with Crippen LogP contribution in [0.5, 0.6) is 0 Å². The van der Waals surface area contributed by atoms with Gasteiger partial charge in [0.05, 0.1) is 5.41 Å². The van der Waals surface area contributed by atoms with Gasteiger partial charge in [0.15, 0.2) is 0 Å². The molecule has 94 valence electrons. The van der Waals surface area contributed by atoms with Gasteiger partial charge >= 0.3 is 0 Å². The van der Waals surface area contributed by atoms with Crippen molar-refractivity contribution in [2.45, 2.75) is 25.2 Å². The summed E-state index contributed by atoms with van der Waals surface area (Å²) in [6, 6.07) is 9.85. The fourth-order valence-electron chi connectivity index (χ4n) is 2.14. The summed E-state index contributed by atoms with van der Waals surface area (Å²) in [5, 5.41) is 0.